The molecule has 0 amide bonds. The molecule has 0 spiro atoms. The summed E-state index contributed by atoms with van der Waals surface area (Å²) in [6, 6.07) is 4.85. The van der Waals surface area contributed by atoms with Gasteiger partial charge in [0.1, 0.15) is 5.82 Å². The number of thiazole rings is 1. The number of imidazole rings is 1. The van der Waals surface area contributed by atoms with E-state index in [1.807, 2.05) is 22.2 Å². The molecule has 0 fully saturated rings. The van der Waals surface area contributed by atoms with Gasteiger partial charge in [0.2, 0.25) is 0 Å². The highest BCUT2D eigenvalue weighted by Crippen LogP contribution is 2.20. The standard InChI is InChI=1S/C14H14FN3S/c1-9-6-10(2-3-12(9)15)13(16)7-11-8-18-4-5-19-14(18)17-11/h2-6,8,13H,7,16H2,1H3. The Labute approximate surface area is 114 Å². The fourth-order valence-corrected chi connectivity index (χ4v) is 2.84. The highest BCUT2D eigenvalue weighted by atomic mass is 32.1. The molecule has 1 aromatic carbocycles. The molecule has 0 bridgehead atoms. The zero-order valence-corrected chi connectivity index (χ0v) is 11.3. The van der Waals surface area contributed by atoms with Gasteiger partial charge >= 0.3 is 0 Å². The average Bonchev–Trinajstić information content (AvgIpc) is 2.93. The van der Waals surface area contributed by atoms with E-state index in [-0.39, 0.29) is 11.9 Å². The van der Waals surface area contributed by atoms with Crippen molar-refractivity contribution in [2.24, 2.45) is 5.73 Å². The second kappa shape index (κ2) is 4.75. The number of nitrogens with two attached hydrogens (primary N) is 1. The number of fused-ring (bicyclic) bond motifs is 1. The molecular formula is C14H14FN3S. The highest BCUT2D eigenvalue weighted by molar-refractivity contribution is 7.15. The molecule has 2 heterocycles. The quantitative estimate of drug-likeness (QED) is 0.798. The first kappa shape index (κ1) is 12.3. The van der Waals surface area contributed by atoms with Crippen LogP contribution in [0.25, 0.3) is 4.96 Å². The number of halogens is 1. The predicted octanol–water partition coefficient (Wildman–Crippen LogP) is 3.09. The van der Waals surface area contributed by atoms with Gasteiger partial charge in [-0.25, -0.2) is 9.37 Å². The maximum Gasteiger partial charge on any atom is 0.193 e. The van der Waals surface area contributed by atoms with Crippen LogP contribution in [-0.2, 0) is 6.42 Å². The number of hydrogen-bond donors (Lipinski definition) is 1. The lowest BCUT2D eigenvalue weighted by atomic mass is 10.0. The van der Waals surface area contributed by atoms with Gasteiger partial charge in [0.15, 0.2) is 4.96 Å². The fourth-order valence-electron chi connectivity index (χ4n) is 2.12. The van der Waals surface area contributed by atoms with Gasteiger partial charge in [0.05, 0.1) is 5.69 Å². The number of nitrogens with zero attached hydrogens (tertiary/aromatic N) is 2. The summed E-state index contributed by atoms with van der Waals surface area (Å²) in [6.07, 6.45) is 4.62. The molecule has 0 aliphatic carbocycles. The summed E-state index contributed by atoms with van der Waals surface area (Å²) < 4.78 is 15.2. The van der Waals surface area contributed by atoms with Crippen LogP contribution in [0, 0.1) is 12.7 Å². The van der Waals surface area contributed by atoms with Crippen LogP contribution < -0.4 is 5.73 Å². The topological polar surface area (TPSA) is 43.3 Å². The van der Waals surface area contributed by atoms with Crippen LogP contribution in [0.3, 0.4) is 0 Å². The van der Waals surface area contributed by atoms with Gasteiger partial charge in [-0.05, 0) is 24.1 Å². The monoisotopic (exact) mass is 275 g/mol. The van der Waals surface area contributed by atoms with Crippen LogP contribution >= 0.6 is 11.3 Å². The van der Waals surface area contributed by atoms with Crippen molar-refractivity contribution >= 4 is 16.3 Å². The summed E-state index contributed by atoms with van der Waals surface area (Å²) in [5, 5.41) is 2.00. The molecule has 1 atom stereocenters. The van der Waals surface area contributed by atoms with Crippen molar-refractivity contribution in [1.82, 2.24) is 9.38 Å². The summed E-state index contributed by atoms with van der Waals surface area (Å²) in [4.78, 5) is 5.48. The van der Waals surface area contributed by atoms with Crippen LogP contribution in [0.1, 0.15) is 22.9 Å². The Morgan fingerprint density at radius 3 is 3.05 bits per heavy atom. The first-order valence-electron chi connectivity index (χ1n) is 6.06. The molecule has 3 nitrogen and oxygen atoms in total. The largest absolute Gasteiger partial charge is 0.324 e. The second-order valence-electron chi connectivity index (χ2n) is 4.64. The summed E-state index contributed by atoms with van der Waals surface area (Å²) in [7, 11) is 0. The van der Waals surface area contributed by atoms with Gasteiger partial charge in [-0.15, -0.1) is 11.3 Å². The van der Waals surface area contributed by atoms with E-state index >= 15 is 0 Å². The van der Waals surface area contributed by atoms with E-state index in [9.17, 15) is 4.39 Å². The van der Waals surface area contributed by atoms with Gasteiger partial charge in [-0.3, -0.25) is 4.40 Å². The van der Waals surface area contributed by atoms with Gasteiger partial charge in [0, 0.05) is 30.2 Å². The van der Waals surface area contributed by atoms with E-state index < -0.39 is 0 Å². The van der Waals surface area contributed by atoms with Crippen molar-refractivity contribution in [1.29, 1.82) is 0 Å². The lowest BCUT2D eigenvalue weighted by Crippen LogP contribution is -2.14. The number of rotatable bonds is 3. The smallest absolute Gasteiger partial charge is 0.193 e. The SMILES string of the molecule is Cc1cc(C(N)Cc2cn3ccsc3n2)ccc1F. The molecule has 2 aromatic heterocycles. The highest BCUT2D eigenvalue weighted by Gasteiger charge is 2.11. The van der Waals surface area contributed by atoms with Crippen molar-refractivity contribution in [3.63, 3.8) is 0 Å². The Morgan fingerprint density at radius 2 is 2.32 bits per heavy atom. The normalized spacial score (nSPS) is 13.0. The van der Waals surface area contributed by atoms with Crippen LogP contribution in [0.2, 0.25) is 0 Å². The molecule has 2 N–H and O–H groups in total. The molecule has 3 rings (SSSR count). The van der Waals surface area contributed by atoms with Crippen LogP contribution in [0.5, 0.6) is 0 Å². The predicted molar refractivity (Wildman–Crippen MR) is 74.8 cm³/mol. The Kier molecular flexibility index (Phi) is 3.08. The van der Waals surface area contributed by atoms with E-state index in [0.717, 1.165) is 16.2 Å². The Morgan fingerprint density at radius 1 is 1.47 bits per heavy atom. The van der Waals surface area contributed by atoms with E-state index in [1.54, 1.807) is 30.4 Å². The first-order valence-corrected chi connectivity index (χ1v) is 6.94. The molecular weight excluding hydrogens is 261 g/mol. The first-order chi connectivity index (χ1) is 9.13. The summed E-state index contributed by atoms with van der Waals surface area (Å²) in [5.74, 6) is -0.196. The molecule has 0 saturated carbocycles. The third-order valence-electron chi connectivity index (χ3n) is 3.18. The van der Waals surface area contributed by atoms with Crippen molar-refractivity contribution in [2.75, 3.05) is 0 Å². The minimum absolute atomic E-state index is 0.163. The molecule has 5 heteroatoms. The van der Waals surface area contributed by atoms with Gasteiger partial charge < -0.3 is 5.73 Å². The molecule has 0 saturated heterocycles. The third kappa shape index (κ3) is 2.39. The summed E-state index contributed by atoms with van der Waals surface area (Å²) >= 11 is 1.60. The Balaban J connectivity index is 1.82. The fraction of sp³-hybridized carbons (Fsp3) is 0.214. The molecule has 98 valence electrons. The Hall–Kier alpha value is -1.72. The minimum atomic E-state index is -0.196. The molecule has 0 aliphatic rings. The van der Waals surface area contributed by atoms with Crippen molar-refractivity contribution < 1.29 is 4.39 Å². The van der Waals surface area contributed by atoms with Crippen molar-refractivity contribution in [3.8, 4) is 0 Å². The van der Waals surface area contributed by atoms with Crippen LogP contribution in [0.4, 0.5) is 4.39 Å². The Bertz CT molecular complexity index is 688. The van der Waals surface area contributed by atoms with E-state index in [4.69, 9.17) is 5.73 Å². The van der Waals surface area contributed by atoms with E-state index in [2.05, 4.69) is 4.98 Å². The molecule has 0 radical (unpaired) electrons. The number of aryl methyl sites for hydroxylation is 1. The second-order valence-corrected chi connectivity index (χ2v) is 5.52. The molecule has 1 unspecified atom stereocenters. The maximum absolute atomic E-state index is 13.2. The average molecular weight is 275 g/mol. The number of hydrogen-bond acceptors (Lipinski definition) is 3. The van der Waals surface area contributed by atoms with Crippen LogP contribution in [0.15, 0.2) is 36.0 Å². The van der Waals surface area contributed by atoms with Gasteiger partial charge in [0.25, 0.3) is 0 Å². The molecule has 3 aromatic rings. The van der Waals surface area contributed by atoms with Crippen LogP contribution in [-0.4, -0.2) is 9.38 Å². The molecule has 19 heavy (non-hydrogen) atoms. The maximum atomic E-state index is 13.2. The van der Waals surface area contributed by atoms with E-state index in [0.29, 0.717) is 12.0 Å². The zero-order valence-electron chi connectivity index (χ0n) is 10.5. The van der Waals surface area contributed by atoms with E-state index in [1.165, 1.54) is 6.07 Å². The summed E-state index contributed by atoms with van der Waals surface area (Å²) in [5.41, 5.74) is 8.69. The van der Waals surface area contributed by atoms with Crippen molar-refractivity contribution in [3.05, 3.63) is 58.6 Å². The minimum Gasteiger partial charge on any atom is -0.324 e. The number of benzene rings is 1. The lowest BCUT2D eigenvalue weighted by Gasteiger charge is -2.11. The zero-order chi connectivity index (χ0) is 13.4. The van der Waals surface area contributed by atoms with Crippen molar-refractivity contribution in [2.45, 2.75) is 19.4 Å². The number of aromatic nitrogens is 2. The van der Waals surface area contributed by atoms with Gasteiger partial charge in [-0.2, -0.15) is 0 Å². The summed E-state index contributed by atoms with van der Waals surface area (Å²) in [6.45, 7) is 1.75. The third-order valence-corrected chi connectivity index (χ3v) is 3.95. The molecule has 0 aliphatic heterocycles. The lowest BCUT2D eigenvalue weighted by molar-refractivity contribution is 0.614. The van der Waals surface area contributed by atoms with Gasteiger partial charge in [-0.1, -0.05) is 12.1 Å².